The largest absolute Gasteiger partial charge is 0.390 e. The average molecular weight is 241 g/mol. The molecule has 0 aliphatic rings. The van der Waals surface area contributed by atoms with Crippen molar-refractivity contribution in [1.29, 1.82) is 0 Å². The smallest absolute Gasteiger partial charge is 0.153 e. The van der Waals surface area contributed by atoms with Crippen molar-refractivity contribution in [2.45, 2.75) is 6.61 Å². The van der Waals surface area contributed by atoms with Crippen LogP contribution in [0.15, 0.2) is 24.3 Å². The van der Waals surface area contributed by atoms with E-state index in [9.17, 15) is 4.39 Å². The second-order valence-corrected chi connectivity index (χ2v) is 3.73. The second-order valence-electron chi connectivity index (χ2n) is 3.37. The zero-order valence-electron chi connectivity index (χ0n) is 8.61. The first-order chi connectivity index (χ1) is 7.65. The van der Waals surface area contributed by atoms with Crippen molar-refractivity contribution in [1.82, 2.24) is 9.55 Å². The van der Waals surface area contributed by atoms with E-state index >= 15 is 0 Å². The summed E-state index contributed by atoms with van der Waals surface area (Å²) in [4.78, 5) is 4.04. The lowest BCUT2D eigenvalue weighted by Crippen LogP contribution is -1.99. The number of rotatable bonds is 2. The third kappa shape index (κ3) is 1.70. The average Bonchev–Trinajstić information content (AvgIpc) is 2.55. The molecule has 0 saturated carbocycles. The van der Waals surface area contributed by atoms with Crippen LogP contribution in [0.4, 0.5) is 4.39 Å². The van der Waals surface area contributed by atoms with E-state index in [-0.39, 0.29) is 17.6 Å². The third-order valence-corrected chi connectivity index (χ3v) is 2.73. The number of halogens is 2. The van der Waals surface area contributed by atoms with E-state index in [1.165, 1.54) is 6.07 Å². The lowest BCUT2D eigenvalue weighted by Gasteiger charge is -2.04. The van der Waals surface area contributed by atoms with E-state index in [0.29, 0.717) is 17.1 Å². The van der Waals surface area contributed by atoms with E-state index in [1.807, 2.05) is 0 Å². The molecular weight excluding hydrogens is 231 g/mol. The maximum atomic E-state index is 13.5. The van der Waals surface area contributed by atoms with Crippen LogP contribution in [0.2, 0.25) is 5.15 Å². The summed E-state index contributed by atoms with van der Waals surface area (Å²) in [6.07, 6.45) is 0. The van der Waals surface area contributed by atoms with Crippen LogP contribution >= 0.6 is 11.6 Å². The Balaban J connectivity index is 2.62. The van der Waals surface area contributed by atoms with E-state index in [1.54, 1.807) is 29.8 Å². The van der Waals surface area contributed by atoms with Crippen molar-refractivity contribution in [2.75, 3.05) is 0 Å². The first kappa shape index (κ1) is 11.1. The quantitative estimate of drug-likeness (QED) is 0.875. The van der Waals surface area contributed by atoms with Gasteiger partial charge in [0.25, 0.3) is 0 Å². The highest BCUT2D eigenvalue weighted by Crippen LogP contribution is 2.26. The van der Waals surface area contributed by atoms with Crippen molar-refractivity contribution < 1.29 is 9.50 Å². The monoisotopic (exact) mass is 240 g/mol. The molecule has 0 unspecified atom stereocenters. The van der Waals surface area contributed by atoms with Crippen molar-refractivity contribution in [3.8, 4) is 11.4 Å². The maximum Gasteiger partial charge on any atom is 0.153 e. The molecule has 16 heavy (non-hydrogen) atoms. The molecule has 1 aromatic carbocycles. The summed E-state index contributed by atoms with van der Waals surface area (Å²) in [6.45, 7) is -0.225. The molecule has 2 aromatic rings. The summed E-state index contributed by atoms with van der Waals surface area (Å²) in [7, 11) is 1.69. The molecule has 0 radical (unpaired) electrons. The lowest BCUT2D eigenvalue weighted by atomic mass is 10.2. The summed E-state index contributed by atoms with van der Waals surface area (Å²) in [5, 5.41) is 9.29. The van der Waals surface area contributed by atoms with Gasteiger partial charge in [0.2, 0.25) is 0 Å². The van der Waals surface area contributed by atoms with Gasteiger partial charge < -0.3 is 9.67 Å². The fourth-order valence-corrected chi connectivity index (χ4v) is 1.82. The summed E-state index contributed by atoms with van der Waals surface area (Å²) in [5.41, 5.74) is 0.839. The molecule has 0 aliphatic heterocycles. The van der Waals surface area contributed by atoms with Crippen molar-refractivity contribution in [2.24, 2.45) is 7.05 Å². The number of aromatic nitrogens is 2. The van der Waals surface area contributed by atoms with Gasteiger partial charge in [0, 0.05) is 7.05 Å². The van der Waals surface area contributed by atoms with Gasteiger partial charge >= 0.3 is 0 Å². The predicted molar refractivity (Wildman–Crippen MR) is 59.5 cm³/mol. The van der Waals surface area contributed by atoms with Crippen LogP contribution in [0, 0.1) is 5.82 Å². The summed E-state index contributed by atoms with van der Waals surface area (Å²) >= 11 is 5.84. The molecule has 0 saturated heterocycles. The van der Waals surface area contributed by atoms with Crippen LogP contribution in [-0.4, -0.2) is 14.7 Å². The van der Waals surface area contributed by atoms with Crippen molar-refractivity contribution in [3.63, 3.8) is 0 Å². The minimum atomic E-state index is -0.364. The molecule has 0 aliphatic carbocycles. The molecule has 0 fully saturated rings. The van der Waals surface area contributed by atoms with Gasteiger partial charge in [0.15, 0.2) is 5.15 Å². The number of nitrogens with zero attached hydrogens (tertiary/aromatic N) is 2. The minimum absolute atomic E-state index is 0.197. The number of aliphatic hydroxyl groups is 1. The Morgan fingerprint density at radius 2 is 2.12 bits per heavy atom. The van der Waals surface area contributed by atoms with Crippen LogP contribution in [0.3, 0.4) is 0 Å². The highest BCUT2D eigenvalue weighted by atomic mass is 35.5. The first-order valence-corrected chi connectivity index (χ1v) is 5.09. The van der Waals surface area contributed by atoms with E-state index in [2.05, 4.69) is 4.98 Å². The number of aliphatic hydroxyl groups excluding tert-OH is 1. The summed E-state index contributed by atoms with van der Waals surface area (Å²) in [6, 6.07) is 6.31. The molecule has 1 N–H and O–H groups in total. The van der Waals surface area contributed by atoms with Crippen LogP contribution in [0.1, 0.15) is 5.69 Å². The van der Waals surface area contributed by atoms with Gasteiger partial charge in [-0.25, -0.2) is 9.37 Å². The molecule has 84 valence electrons. The van der Waals surface area contributed by atoms with Gasteiger partial charge in [-0.1, -0.05) is 23.7 Å². The predicted octanol–water partition coefficient (Wildman–Crippen LogP) is 2.37. The summed E-state index contributed by atoms with van der Waals surface area (Å²) < 4.78 is 15.1. The standard InChI is InChI=1S/C11H10ClFN2O/c1-15-9(6-16)10(12)14-11(15)7-4-2-3-5-8(7)13/h2-5,16H,6H2,1H3. The van der Waals surface area contributed by atoms with Crippen LogP contribution < -0.4 is 0 Å². The van der Waals surface area contributed by atoms with Crippen molar-refractivity contribution >= 4 is 11.6 Å². The van der Waals surface area contributed by atoms with E-state index < -0.39 is 0 Å². The molecule has 5 heteroatoms. The zero-order valence-corrected chi connectivity index (χ0v) is 9.37. The summed E-state index contributed by atoms with van der Waals surface area (Å²) in [5.74, 6) is 0.0453. The Hall–Kier alpha value is -1.39. The topological polar surface area (TPSA) is 38.0 Å². The Kier molecular flexibility index (Phi) is 2.94. The highest BCUT2D eigenvalue weighted by Gasteiger charge is 2.15. The lowest BCUT2D eigenvalue weighted by molar-refractivity contribution is 0.273. The SMILES string of the molecule is Cn1c(-c2ccccc2F)nc(Cl)c1CO. The fraction of sp³-hybridized carbons (Fsp3) is 0.182. The van der Waals surface area contributed by atoms with Gasteiger partial charge in [-0.2, -0.15) is 0 Å². The minimum Gasteiger partial charge on any atom is -0.390 e. The molecule has 3 nitrogen and oxygen atoms in total. The second kappa shape index (κ2) is 4.23. The van der Waals surface area contributed by atoms with Gasteiger partial charge in [0.05, 0.1) is 17.9 Å². The number of hydrogen-bond acceptors (Lipinski definition) is 2. The zero-order chi connectivity index (χ0) is 11.7. The number of hydrogen-bond donors (Lipinski definition) is 1. The molecule has 0 atom stereocenters. The highest BCUT2D eigenvalue weighted by molar-refractivity contribution is 6.30. The molecule has 0 spiro atoms. The molecule has 0 bridgehead atoms. The van der Waals surface area contributed by atoms with E-state index in [0.717, 1.165) is 0 Å². The normalized spacial score (nSPS) is 10.8. The van der Waals surface area contributed by atoms with E-state index in [4.69, 9.17) is 16.7 Å². The Bertz CT molecular complexity index is 525. The molecule has 1 aromatic heterocycles. The molecule has 0 amide bonds. The Morgan fingerprint density at radius 3 is 2.69 bits per heavy atom. The third-order valence-electron chi connectivity index (χ3n) is 2.43. The molecule has 2 rings (SSSR count). The van der Waals surface area contributed by atoms with Gasteiger partial charge in [0.1, 0.15) is 11.6 Å². The maximum absolute atomic E-state index is 13.5. The molecular formula is C11H10ClFN2O. The van der Waals surface area contributed by atoms with Crippen molar-refractivity contribution in [3.05, 3.63) is 40.9 Å². The Morgan fingerprint density at radius 1 is 1.44 bits per heavy atom. The van der Waals surface area contributed by atoms with Gasteiger partial charge in [-0.3, -0.25) is 0 Å². The first-order valence-electron chi connectivity index (χ1n) is 4.72. The van der Waals surface area contributed by atoms with Crippen LogP contribution in [0.5, 0.6) is 0 Å². The fourth-order valence-electron chi connectivity index (χ4n) is 1.55. The van der Waals surface area contributed by atoms with Crippen LogP contribution in [0.25, 0.3) is 11.4 Å². The Labute approximate surface area is 97.1 Å². The molecule has 1 heterocycles. The van der Waals surface area contributed by atoms with Crippen LogP contribution in [-0.2, 0) is 13.7 Å². The van der Waals surface area contributed by atoms with Gasteiger partial charge in [-0.05, 0) is 12.1 Å². The van der Waals surface area contributed by atoms with Gasteiger partial charge in [-0.15, -0.1) is 0 Å². The number of imidazole rings is 1. The number of benzene rings is 1.